The second kappa shape index (κ2) is 8.22. The Balaban J connectivity index is 1.51. The van der Waals surface area contributed by atoms with Crippen LogP contribution < -0.4 is 4.72 Å². The highest BCUT2D eigenvalue weighted by Gasteiger charge is 2.26. The molecule has 7 heteroatoms. The summed E-state index contributed by atoms with van der Waals surface area (Å²) in [7, 11) is -3.18. The number of likely N-dealkylation sites (tertiary alicyclic amines) is 1. The van der Waals surface area contributed by atoms with E-state index in [2.05, 4.69) is 4.72 Å². The van der Waals surface area contributed by atoms with Crippen molar-refractivity contribution in [2.24, 2.45) is 5.92 Å². The number of nitrogens with zero attached hydrogens (tertiary/aromatic N) is 1. The molecule has 3 rings (SSSR count). The zero-order chi connectivity index (χ0) is 18.6. The van der Waals surface area contributed by atoms with Crippen LogP contribution in [0.1, 0.15) is 43.2 Å². The number of hydrogen-bond acceptors (Lipinski definition) is 4. The van der Waals surface area contributed by atoms with Gasteiger partial charge in [-0.05, 0) is 37.3 Å². The van der Waals surface area contributed by atoms with Crippen LogP contribution in [0.25, 0.3) is 11.0 Å². The molecule has 6 nitrogen and oxygen atoms in total. The smallest absolute Gasteiger partial charge is 0.289 e. The molecule has 1 saturated heterocycles. The lowest BCUT2D eigenvalue weighted by Gasteiger charge is -2.31. The number of benzene rings is 1. The van der Waals surface area contributed by atoms with Crippen LogP contribution in [0.15, 0.2) is 34.7 Å². The molecule has 1 aromatic heterocycles. The standard InChI is InChI=1S/C19H26N2O4S/c1-2-3-12-26(23,24)20-14-15-8-10-21(11-9-15)19(22)18-13-16-6-4-5-7-17(16)25-18/h4-7,13,15,20H,2-3,8-12,14H2,1H3. The Hall–Kier alpha value is -1.86. The first-order valence-corrected chi connectivity index (χ1v) is 10.9. The van der Waals surface area contributed by atoms with E-state index in [1.54, 1.807) is 11.0 Å². The van der Waals surface area contributed by atoms with Gasteiger partial charge in [0.25, 0.3) is 5.91 Å². The monoisotopic (exact) mass is 378 g/mol. The normalized spacial score (nSPS) is 16.3. The topological polar surface area (TPSA) is 79.6 Å². The van der Waals surface area contributed by atoms with Gasteiger partial charge in [-0.2, -0.15) is 0 Å². The van der Waals surface area contributed by atoms with Gasteiger partial charge < -0.3 is 9.32 Å². The van der Waals surface area contributed by atoms with Crippen molar-refractivity contribution in [2.45, 2.75) is 32.6 Å². The van der Waals surface area contributed by atoms with Crippen molar-refractivity contribution in [3.8, 4) is 0 Å². The number of sulfonamides is 1. The van der Waals surface area contributed by atoms with Gasteiger partial charge in [0.1, 0.15) is 5.58 Å². The minimum absolute atomic E-state index is 0.0943. The summed E-state index contributed by atoms with van der Waals surface area (Å²) in [5.41, 5.74) is 0.715. The average Bonchev–Trinajstić information content (AvgIpc) is 3.09. The Kier molecular flexibility index (Phi) is 5.98. The van der Waals surface area contributed by atoms with Gasteiger partial charge in [0, 0.05) is 25.0 Å². The van der Waals surface area contributed by atoms with Gasteiger partial charge >= 0.3 is 0 Å². The van der Waals surface area contributed by atoms with E-state index < -0.39 is 10.0 Å². The Morgan fingerprint density at radius 3 is 2.69 bits per heavy atom. The fraction of sp³-hybridized carbons (Fsp3) is 0.526. The molecule has 1 aliphatic rings. The molecular weight excluding hydrogens is 352 g/mol. The van der Waals surface area contributed by atoms with Crippen molar-refractivity contribution < 1.29 is 17.6 Å². The first-order valence-electron chi connectivity index (χ1n) is 9.23. The van der Waals surface area contributed by atoms with Gasteiger partial charge in [0.2, 0.25) is 10.0 Å². The highest BCUT2D eigenvalue weighted by molar-refractivity contribution is 7.89. The number of carbonyl (C=O) groups excluding carboxylic acids is 1. The van der Waals surface area contributed by atoms with Crippen molar-refractivity contribution in [1.82, 2.24) is 9.62 Å². The van der Waals surface area contributed by atoms with Crippen molar-refractivity contribution in [2.75, 3.05) is 25.4 Å². The number of nitrogens with one attached hydrogen (secondary N) is 1. The third-order valence-corrected chi connectivity index (χ3v) is 6.33. The summed E-state index contributed by atoms with van der Waals surface area (Å²) in [5, 5.41) is 0.923. The number of furan rings is 1. The molecule has 1 aromatic carbocycles. The lowest BCUT2D eigenvalue weighted by atomic mass is 9.97. The molecule has 1 fully saturated rings. The summed E-state index contributed by atoms with van der Waals surface area (Å²) < 4.78 is 32.1. The zero-order valence-electron chi connectivity index (χ0n) is 15.1. The highest BCUT2D eigenvalue weighted by Crippen LogP contribution is 2.23. The Bertz CT molecular complexity index is 818. The number of hydrogen-bond donors (Lipinski definition) is 1. The second-order valence-electron chi connectivity index (χ2n) is 6.90. The molecule has 1 amide bonds. The molecule has 0 bridgehead atoms. The first-order chi connectivity index (χ1) is 12.5. The van der Waals surface area contributed by atoms with Gasteiger partial charge in [-0.15, -0.1) is 0 Å². The maximum atomic E-state index is 12.6. The van der Waals surface area contributed by atoms with Crippen LogP contribution in [0.5, 0.6) is 0 Å². The number of para-hydroxylation sites is 1. The molecule has 0 unspecified atom stereocenters. The van der Waals surface area contributed by atoms with Crippen molar-refractivity contribution in [3.63, 3.8) is 0 Å². The lowest BCUT2D eigenvalue weighted by Crippen LogP contribution is -2.41. The van der Waals surface area contributed by atoms with Crippen LogP contribution in [0, 0.1) is 5.92 Å². The number of amides is 1. The van der Waals surface area contributed by atoms with Gasteiger partial charge in [-0.1, -0.05) is 31.5 Å². The van der Waals surface area contributed by atoms with E-state index in [0.29, 0.717) is 37.4 Å². The minimum atomic E-state index is -3.18. The van der Waals surface area contributed by atoms with Crippen molar-refractivity contribution >= 4 is 26.9 Å². The van der Waals surface area contributed by atoms with E-state index in [0.717, 1.165) is 24.6 Å². The largest absolute Gasteiger partial charge is 0.451 e. The molecule has 2 aromatic rings. The summed E-state index contributed by atoms with van der Waals surface area (Å²) in [6.07, 6.45) is 3.13. The second-order valence-corrected chi connectivity index (χ2v) is 8.83. The van der Waals surface area contributed by atoms with Crippen molar-refractivity contribution in [3.05, 3.63) is 36.1 Å². The van der Waals surface area contributed by atoms with Crippen LogP contribution in [0.3, 0.4) is 0 Å². The molecular formula is C19H26N2O4S. The Morgan fingerprint density at radius 1 is 1.27 bits per heavy atom. The molecule has 142 valence electrons. The molecule has 0 aliphatic carbocycles. The Labute approximate surface area is 154 Å². The molecule has 0 atom stereocenters. The number of rotatable bonds is 7. The van der Waals surface area contributed by atoms with E-state index in [1.165, 1.54) is 0 Å². The first kappa shape index (κ1) is 18.9. The zero-order valence-corrected chi connectivity index (χ0v) is 15.9. The van der Waals surface area contributed by atoms with Gasteiger partial charge in [0.05, 0.1) is 5.75 Å². The lowest BCUT2D eigenvalue weighted by molar-refractivity contribution is 0.0662. The predicted molar refractivity (Wildman–Crippen MR) is 102 cm³/mol. The summed E-state index contributed by atoms with van der Waals surface area (Å²) >= 11 is 0. The number of fused-ring (bicyclic) bond motifs is 1. The molecule has 1 N–H and O–H groups in total. The van der Waals surface area contributed by atoms with Gasteiger partial charge in [-0.3, -0.25) is 4.79 Å². The molecule has 26 heavy (non-hydrogen) atoms. The van der Waals surface area contributed by atoms with Crippen LogP contribution >= 0.6 is 0 Å². The van der Waals surface area contributed by atoms with Crippen LogP contribution in [-0.4, -0.2) is 44.6 Å². The third-order valence-electron chi connectivity index (χ3n) is 4.90. The summed E-state index contributed by atoms with van der Waals surface area (Å²) in [6.45, 7) is 3.68. The number of unbranched alkanes of at least 4 members (excludes halogenated alkanes) is 1. The minimum Gasteiger partial charge on any atom is -0.451 e. The fourth-order valence-electron chi connectivity index (χ4n) is 3.23. The average molecular weight is 378 g/mol. The SMILES string of the molecule is CCCCS(=O)(=O)NCC1CCN(C(=O)c2cc3ccccc3o2)CC1. The molecule has 2 heterocycles. The molecule has 0 spiro atoms. The molecule has 0 radical (unpaired) electrons. The third kappa shape index (κ3) is 4.65. The van der Waals surface area contributed by atoms with E-state index in [-0.39, 0.29) is 17.6 Å². The number of carbonyl (C=O) groups is 1. The van der Waals surface area contributed by atoms with E-state index >= 15 is 0 Å². The highest BCUT2D eigenvalue weighted by atomic mass is 32.2. The molecule has 1 aliphatic heterocycles. The van der Waals surface area contributed by atoms with Crippen LogP contribution in [0.4, 0.5) is 0 Å². The van der Waals surface area contributed by atoms with Crippen LogP contribution in [-0.2, 0) is 10.0 Å². The quantitative estimate of drug-likeness (QED) is 0.803. The predicted octanol–water partition coefficient (Wildman–Crippen LogP) is 3.00. The summed E-state index contributed by atoms with van der Waals surface area (Å²) in [6, 6.07) is 9.35. The number of piperidine rings is 1. The van der Waals surface area contributed by atoms with Crippen LogP contribution in [0.2, 0.25) is 0 Å². The summed E-state index contributed by atoms with van der Waals surface area (Å²) in [4.78, 5) is 14.4. The van der Waals surface area contributed by atoms with Gasteiger partial charge in [0.15, 0.2) is 5.76 Å². The maximum absolute atomic E-state index is 12.6. The van der Waals surface area contributed by atoms with E-state index in [9.17, 15) is 13.2 Å². The van der Waals surface area contributed by atoms with Gasteiger partial charge in [-0.25, -0.2) is 13.1 Å². The maximum Gasteiger partial charge on any atom is 0.289 e. The molecule has 0 saturated carbocycles. The van der Waals surface area contributed by atoms with E-state index in [1.807, 2.05) is 31.2 Å². The Morgan fingerprint density at radius 2 is 2.00 bits per heavy atom. The van der Waals surface area contributed by atoms with E-state index in [4.69, 9.17) is 4.42 Å². The van der Waals surface area contributed by atoms with Crippen molar-refractivity contribution in [1.29, 1.82) is 0 Å². The summed E-state index contributed by atoms with van der Waals surface area (Å²) in [5.74, 6) is 0.728. The fourth-order valence-corrected chi connectivity index (χ4v) is 4.54.